The Morgan fingerprint density at radius 1 is 1.41 bits per heavy atom. The largest absolute Gasteiger partial charge is 0.401 e. The fourth-order valence-electron chi connectivity index (χ4n) is 1.53. The van der Waals surface area contributed by atoms with Crippen molar-refractivity contribution in [2.75, 3.05) is 6.54 Å². The summed E-state index contributed by atoms with van der Waals surface area (Å²) in [5.41, 5.74) is 6.66. The molecule has 4 nitrogen and oxygen atoms in total. The molecule has 0 aliphatic heterocycles. The van der Waals surface area contributed by atoms with Gasteiger partial charge in [-0.3, -0.25) is 5.32 Å². The molecule has 1 aliphatic carbocycles. The van der Waals surface area contributed by atoms with Crippen LogP contribution >= 0.6 is 0 Å². The summed E-state index contributed by atoms with van der Waals surface area (Å²) >= 11 is 0. The molecule has 100 valence electrons. The summed E-state index contributed by atoms with van der Waals surface area (Å²) in [6, 6.07) is -0.766. The van der Waals surface area contributed by atoms with Crippen LogP contribution in [0.25, 0.3) is 0 Å². The third kappa shape index (κ3) is 5.03. The van der Waals surface area contributed by atoms with Crippen LogP contribution in [0, 0.1) is 0 Å². The van der Waals surface area contributed by atoms with E-state index in [1.807, 2.05) is 6.08 Å². The monoisotopic (exact) mass is 254 g/mol. The minimum Gasteiger partial charge on any atom is -0.387 e. The maximum Gasteiger partial charge on any atom is 0.401 e. The number of nitrogens with two attached hydrogens (primary N) is 1. The van der Waals surface area contributed by atoms with Gasteiger partial charge in [-0.2, -0.15) is 13.2 Å². The van der Waals surface area contributed by atoms with E-state index < -0.39 is 31.1 Å². The Hall–Kier alpha value is -0.630. The maximum absolute atomic E-state index is 11.9. The Bertz CT molecular complexity index is 281. The van der Waals surface area contributed by atoms with Crippen molar-refractivity contribution in [2.45, 2.75) is 43.8 Å². The minimum atomic E-state index is -4.43. The van der Waals surface area contributed by atoms with Gasteiger partial charge in [0.2, 0.25) is 0 Å². The van der Waals surface area contributed by atoms with Crippen LogP contribution in [0.15, 0.2) is 11.6 Å². The van der Waals surface area contributed by atoms with Gasteiger partial charge < -0.3 is 15.9 Å². The number of halogens is 3. The molecule has 0 saturated carbocycles. The second-order valence-corrected chi connectivity index (χ2v) is 4.20. The Morgan fingerprint density at radius 2 is 2.00 bits per heavy atom. The summed E-state index contributed by atoms with van der Waals surface area (Å²) in [5, 5.41) is 20.6. The van der Waals surface area contributed by atoms with E-state index >= 15 is 0 Å². The fraction of sp³-hybridized carbons (Fsp3) is 0.800. The van der Waals surface area contributed by atoms with Gasteiger partial charge >= 0.3 is 6.18 Å². The Labute approximate surface area is 97.3 Å². The van der Waals surface area contributed by atoms with Gasteiger partial charge in [0.25, 0.3) is 0 Å². The summed E-state index contributed by atoms with van der Waals surface area (Å²) in [5.74, 6) is 0. The number of hydrogen-bond donors (Lipinski definition) is 4. The van der Waals surface area contributed by atoms with Gasteiger partial charge in [-0.15, -0.1) is 0 Å². The lowest BCUT2D eigenvalue weighted by Crippen LogP contribution is -2.51. The first-order valence-corrected chi connectivity index (χ1v) is 5.39. The van der Waals surface area contributed by atoms with Gasteiger partial charge in [0.05, 0.1) is 6.54 Å². The molecule has 0 fully saturated rings. The van der Waals surface area contributed by atoms with E-state index in [1.54, 1.807) is 5.32 Å². The first kappa shape index (κ1) is 14.4. The molecule has 0 aromatic heterocycles. The molecule has 0 radical (unpaired) electrons. The zero-order valence-corrected chi connectivity index (χ0v) is 9.24. The number of hydrogen-bond acceptors (Lipinski definition) is 4. The molecule has 0 bridgehead atoms. The third-order valence-electron chi connectivity index (χ3n) is 2.67. The molecule has 17 heavy (non-hydrogen) atoms. The van der Waals surface area contributed by atoms with Crippen molar-refractivity contribution in [3.8, 4) is 0 Å². The van der Waals surface area contributed by atoms with Crippen LogP contribution in [-0.2, 0) is 0 Å². The summed E-state index contributed by atoms with van der Waals surface area (Å²) in [4.78, 5) is 0. The third-order valence-corrected chi connectivity index (χ3v) is 2.67. The van der Waals surface area contributed by atoms with Crippen molar-refractivity contribution in [3.63, 3.8) is 0 Å². The van der Waals surface area contributed by atoms with E-state index in [9.17, 15) is 23.4 Å². The summed E-state index contributed by atoms with van der Waals surface area (Å²) < 4.78 is 35.6. The van der Waals surface area contributed by atoms with Gasteiger partial charge in [-0.1, -0.05) is 11.6 Å². The summed E-state index contributed by atoms with van der Waals surface area (Å²) in [6.45, 7) is -1.36. The van der Waals surface area contributed by atoms with E-state index in [-0.39, 0.29) is 0 Å². The molecule has 0 saturated heterocycles. The van der Waals surface area contributed by atoms with Crippen LogP contribution in [0.2, 0.25) is 0 Å². The highest BCUT2D eigenvalue weighted by Gasteiger charge is 2.31. The van der Waals surface area contributed by atoms with E-state index in [2.05, 4.69) is 0 Å². The number of nitrogens with one attached hydrogen (secondary N) is 1. The zero-order chi connectivity index (χ0) is 13.1. The summed E-state index contributed by atoms with van der Waals surface area (Å²) in [6.07, 6.45) is -3.30. The fourth-order valence-corrected chi connectivity index (χ4v) is 1.53. The van der Waals surface area contributed by atoms with Crippen molar-refractivity contribution in [3.05, 3.63) is 11.6 Å². The van der Waals surface area contributed by atoms with Crippen molar-refractivity contribution >= 4 is 0 Å². The van der Waals surface area contributed by atoms with Gasteiger partial charge in [0.1, 0.15) is 12.3 Å². The smallest absolute Gasteiger partial charge is 0.387 e. The van der Waals surface area contributed by atoms with Crippen LogP contribution in [0.5, 0.6) is 0 Å². The topological polar surface area (TPSA) is 78.5 Å². The summed E-state index contributed by atoms with van der Waals surface area (Å²) in [7, 11) is 0. The molecule has 0 aromatic rings. The number of rotatable bonds is 6. The first-order chi connectivity index (χ1) is 7.79. The molecule has 0 aromatic carbocycles. The van der Waals surface area contributed by atoms with Crippen LogP contribution in [0.4, 0.5) is 13.2 Å². The van der Waals surface area contributed by atoms with Crippen molar-refractivity contribution in [1.82, 2.24) is 5.32 Å². The quantitative estimate of drug-likeness (QED) is 0.405. The van der Waals surface area contributed by atoms with Gasteiger partial charge in [-0.25, -0.2) is 0 Å². The number of allylic oxidation sites excluding steroid dienone is 1. The predicted molar refractivity (Wildman–Crippen MR) is 56.0 cm³/mol. The SMILES string of the molecule is NC(CC1=CCC1)C(O)C(O)NCC(F)(F)F. The average Bonchev–Trinajstić information content (AvgIpc) is 2.17. The lowest BCUT2D eigenvalue weighted by atomic mass is 9.91. The number of alkyl halides is 3. The Morgan fingerprint density at radius 3 is 2.41 bits per heavy atom. The average molecular weight is 254 g/mol. The second-order valence-electron chi connectivity index (χ2n) is 4.20. The lowest BCUT2D eigenvalue weighted by Gasteiger charge is -2.27. The molecule has 3 unspecified atom stereocenters. The molecule has 1 rings (SSSR count). The molecule has 7 heteroatoms. The van der Waals surface area contributed by atoms with Crippen molar-refractivity contribution in [1.29, 1.82) is 0 Å². The lowest BCUT2D eigenvalue weighted by molar-refractivity contribution is -0.136. The van der Waals surface area contributed by atoms with E-state index in [0.29, 0.717) is 6.42 Å². The van der Waals surface area contributed by atoms with E-state index in [4.69, 9.17) is 5.73 Å². The molecular formula is C10H17F3N2O2. The minimum absolute atomic E-state index is 0.395. The number of aliphatic hydroxyl groups excluding tert-OH is 2. The van der Waals surface area contributed by atoms with Gasteiger partial charge in [0, 0.05) is 6.04 Å². The van der Waals surface area contributed by atoms with Gasteiger partial charge in [0.15, 0.2) is 0 Å². The van der Waals surface area contributed by atoms with Crippen molar-refractivity contribution in [2.24, 2.45) is 5.73 Å². The van der Waals surface area contributed by atoms with Gasteiger partial charge in [-0.05, 0) is 19.3 Å². The van der Waals surface area contributed by atoms with E-state index in [0.717, 1.165) is 18.4 Å². The Balaban J connectivity index is 2.31. The molecule has 5 N–H and O–H groups in total. The molecule has 0 spiro atoms. The van der Waals surface area contributed by atoms with Crippen LogP contribution in [0.1, 0.15) is 19.3 Å². The highest BCUT2D eigenvalue weighted by molar-refractivity contribution is 5.14. The zero-order valence-electron chi connectivity index (χ0n) is 9.24. The highest BCUT2D eigenvalue weighted by Crippen LogP contribution is 2.23. The van der Waals surface area contributed by atoms with Crippen molar-refractivity contribution < 1.29 is 23.4 Å². The van der Waals surface area contributed by atoms with E-state index in [1.165, 1.54) is 0 Å². The van der Waals surface area contributed by atoms with Crippen LogP contribution in [-0.4, -0.2) is 41.3 Å². The number of aliphatic hydroxyl groups is 2. The second kappa shape index (κ2) is 5.81. The molecule has 0 amide bonds. The van der Waals surface area contributed by atoms with Crippen LogP contribution in [0.3, 0.4) is 0 Å². The predicted octanol–water partition coefficient (Wildman–Crippen LogP) is 0.255. The standard InChI is InChI=1S/C10H17F3N2O2/c11-10(12,13)5-15-9(17)8(16)7(14)4-6-2-1-3-6/h2,7-9,15-17H,1,3-5,14H2. The molecule has 0 heterocycles. The Kier molecular flexibility index (Phi) is 4.93. The molecule has 1 aliphatic rings. The highest BCUT2D eigenvalue weighted by atomic mass is 19.4. The first-order valence-electron chi connectivity index (χ1n) is 5.39. The van der Waals surface area contributed by atoms with Crippen LogP contribution < -0.4 is 11.1 Å². The normalized spacial score (nSPS) is 21.4. The molecular weight excluding hydrogens is 237 g/mol. The maximum atomic E-state index is 11.9. The molecule has 3 atom stereocenters.